The molecular weight excluding hydrogens is 1330 g/mol. The number of fused-ring (bicyclic) bond motifs is 12. The summed E-state index contributed by atoms with van der Waals surface area (Å²) in [7, 11) is 0. The third kappa shape index (κ3) is 10.4. The molecular formula is C95H57N9S2. The molecule has 11 heteroatoms. The van der Waals surface area contributed by atoms with Crippen LogP contribution in [0, 0.1) is 0 Å². The maximum absolute atomic E-state index is 5.41. The van der Waals surface area contributed by atoms with E-state index in [-0.39, 0.29) is 0 Å². The van der Waals surface area contributed by atoms with Crippen LogP contribution in [-0.2, 0) is 0 Å². The third-order valence-electron chi connectivity index (χ3n) is 20.5. The summed E-state index contributed by atoms with van der Waals surface area (Å²) >= 11 is 3.61. The topological polar surface area (TPSA) is 100 Å². The highest BCUT2D eigenvalue weighted by Crippen LogP contribution is 2.48. The zero-order valence-electron chi connectivity index (χ0n) is 56.8. The number of thiophene rings is 2. The molecule has 494 valence electrons. The maximum atomic E-state index is 5.41. The Hall–Kier alpha value is -13.7. The van der Waals surface area contributed by atoms with E-state index in [1.54, 1.807) is 11.3 Å². The highest BCUT2D eigenvalue weighted by molar-refractivity contribution is 7.26. The summed E-state index contributed by atoms with van der Waals surface area (Å²) in [5, 5.41) is 7.94. The van der Waals surface area contributed by atoms with Crippen LogP contribution in [-0.4, -0.2) is 44.0 Å². The normalized spacial score (nSPS) is 11.8. The van der Waals surface area contributed by atoms with E-state index in [2.05, 4.69) is 288 Å². The molecule has 0 aliphatic heterocycles. The Balaban J connectivity index is 0.675. The molecule has 0 radical (unpaired) electrons. The lowest BCUT2D eigenvalue weighted by Crippen LogP contribution is -2.00. The molecule has 7 heterocycles. The van der Waals surface area contributed by atoms with Crippen molar-refractivity contribution < 1.29 is 0 Å². The van der Waals surface area contributed by atoms with Crippen LogP contribution in [0.15, 0.2) is 346 Å². The number of aromatic nitrogens is 9. The second-order valence-corrected chi connectivity index (χ2v) is 28.9. The molecule has 14 aromatic carbocycles. The second-order valence-electron chi connectivity index (χ2n) is 26.7. The Morgan fingerprint density at radius 1 is 0.217 bits per heavy atom. The number of hydrogen-bond donors (Lipinski definition) is 0. The summed E-state index contributed by atoms with van der Waals surface area (Å²) in [5.74, 6) is 3.70. The van der Waals surface area contributed by atoms with Gasteiger partial charge in [-0.3, -0.25) is 4.98 Å². The SMILES string of the molecule is c1ccc(-c2nc(-c3ccc(-c4ccc5c(c4)c4cc(-c6cc(-c7ccccc7)c7sc8cccc(-c9nc(-c%10ccccc%10)nc(-c%10ccccc%10)n9)c8c7c6)ccc4n5-c4ccccc4)cc3)nc(-c3cccc4sc5ccc(-c6ccc7c(c6)c6ncccc6n7-c6ccccc6)cc5c34)n2)cc1. The number of para-hydroxylation sites is 2. The van der Waals surface area contributed by atoms with Gasteiger partial charge in [-0.25, -0.2) is 29.9 Å². The van der Waals surface area contributed by atoms with Gasteiger partial charge in [-0.1, -0.05) is 231 Å². The predicted molar refractivity (Wildman–Crippen MR) is 440 cm³/mol. The molecule has 0 N–H and O–H groups in total. The molecule has 0 aliphatic rings. The van der Waals surface area contributed by atoms with Crippen LogP contribution in [0.5, 0.6) is 0 Å². The molecule has 21 rings (SSSR count). The quantitative estimate of drug-likeness (QED) is 0.120. The fourth-order valence-corrected chi connectivity index (χ4v) is 17.9. The molecule has 0 amide bonds. The Labute approximate surface area is 616 Å². The molecule has 0 bridgehead atoms. The minimum atomic E-state index is 0.596. The molecule has 7 aromatic heterocycles. The smallest absolute Gasteiger partial charge is 0.164 e. The Kier molecular flexibility index (Phi) is 14.4. The van der Waals surface area contributed by atoms with E-state index in [0.29, 0.717) is 34.9 Å². The van der Waals surface area contributed by atoms with E-state index >= 15 is 0 Å². The van der Waals surface area contributed by atoms with Crippen LogP contribution in [0.3, 0.4) is 0 Å². The van der Waals surface area contributed by atoms with Crippen LogP contribution >= 0.6 is 22.7 Å². The summed E-state index contributed by atoms with van der Waals surface area (Å²) in [6.45, 7) is 0. The first-order valence-corrected chi connectivity index (χ1v) is 37.0. The van der Waals surface area contributed by atoms with Crippen molar-refractivity contribution in [1.82, 2.24) is 44.0 Å². The van der Waals surface area contributed by atoms with Crippen molar-refractivity contribution in [2.24, 2.45) is 0 Å². The van der Waals surface area contributed by atoms with E-state index in [1.807, 2.05) is 78.2 Å². The van der Waals surface area contributed by atoms with Crippen LogP contribution in [0.4, 0.5) is 0 Å². The first kappa shape index (κ1) is 61.0. The van der Waals surface area contributed by atoms with Crippen LogP contribution in [0.25, 0.3) is 208 Å². The third-order valence-corrected chi connectivity index (χ3v) is 22.8. The van der Waals surface area contributed by atoms with Crippen molar-refractivity contribution in [2.75, 3.05) is 0 Å². The molecule has 0 spiro atoms. The van der Waals surface area contributed by atoms with Gasteiger partial charge in [0, 0.05) is 113 Å². The number of hydrogen-bond acceptors (Lipinski definition) is 9. The lowest BCUT2D eigenvalue weighted by molar-refractivity contribution is 1.08. The van der Waals surface area contributed by atoms with Gasteiger partial charge in [0.15, 0.2) is 34.9 Å². The number of rotatable bonds is 12. The Bertz CT molecular complexity index is 6980. The standard InChI is InChI=1S/C95H57N9S2/c1-7-22-59(23-8-1)73-56-68(57-78-87-72(35-20-38-85(87)106-89(73)78)95-100-90(60-24-9-2-10-25-60)97-91(101-95)61-26-11-3-12-27-61)67-45-48-80-75(53-67)74-52-64(43-47-79(74)103(80)69-30-15-5-16-31-69)58-39-41-63(42-40-58)93-98-92(62-28-13-4-14-29-62)99-94(102-93)71-34-19-37-84-86(71)77-55-66(46-50-83(77)105-84)65-44-49-81-76(54-65)88-82(36-21-51-96-88)104(81)70-32-17-6-18-33-70/h1-57H. The lowest BCUT2D eigenvalue weighted by Gasteiger charge is -2.12. The molecule has 9 nitrogen and oxygen atoms in total. The van der Waals surface area contributed by atoms with Gasteiger partial charge in [0.1, 0.15) is 0 Å². The number of nitrogens with zero attached hydrogens (tertiary/aromatic N) is 9. The summed E-state index contributed by atoms with van der Waals surface area (Å²) < 4.78 is 9.42. The lowest BCUT2D eigenvalue weighted by atomic mass is 9.94. The Morgan fingerprint density at radius 3 is 1.14 bits per heavy atom. The zero-order chi connectivity index (χ0) is 69.8. The summed E-state index contributed by atoms with van der Waals surface area (Å²) in [6.07, 6.45) is 1.89. The van der Waals surface area contributed by atoms with Crippen molar-refractivity contribution >= 4 is 107 Å². The molecule has 106 heavy (non-hydrogen) atoms. The second kappa shape index (κ2) is 25.1. The van der Waals surface area contributed by atoms with Gasteiger partial charge in [-0.15, -0.1) is 22.7 Å². The molecule has 0 saturated carbocycles. The molecule has 0 atom stereocenters. The maximum Gasteiger partial charge on any atom is 0.164 e. The average Bonchev–Trinajstić information content (AvgIpc) is 1.58. The first-order chi connectivity index (χ1) is 52.5. The number of benzene rings is 14. The highest BCUT2D eigenvalue weighted by atomic mass is 32.1. The van der Waals surface area contributed by atoms with Gasteiger partial charge in [-0.2, -0.15) is 0 Å². The average molecular weight is 1390 g/mol. The predicted octanol–water partition coefficient (Wildman–Crippen LogP) is 25.1. The minimum absolute atomic E-state index is 0.596. The van der Waals surface area contributed by atoms with Crippen molar-refractivity contribution in [3.8, 4) is 124 Å². The molecule has 0 aliphatic carbocycles. The molecule has 0 fully saturated rings. The van der Waals surface area contributed by atoms with E-state index < -0.39 is 0 Å². The van der Waals surface area contributed by atoms with Gasteiger partial charge in [0.2, 0.25) is 0 Å². The molecule has 0 saturated heterocycles. The van der Waals surface area contributed by atoms with Gasteiger partial charge >= 0.3 is 0 Å². The fourth-order valence-electron chi connectivity index (χ4n) is 15.5. The van der Waals surface area contributed by atoms with Crippen molar-refractivity contribution in [3.63, 3.8) is 0 Å². The molecule has 0 unspecified atom stereocenters. The largest absolute Gasteiger partial charge is 0.309 e. The van der Waals surface area contributed by atoms with E-state index in [9.17, 15) is 0 Å². The van der Waals surface area contributed by atoms with Gasteiger partial charge in [-0.05, 0) is 148 Å². The summed E-state index contributed by atoms with van der Waals surface area (Å²) in [4.78, 5) is 36.5. The van der Waals surface area contributed by atoms with E-state index in [1.165, 1.54) is 15.0 Å². The van der Waals surface area contributed by atoms with Gasteiger partial charge in [0.05, 0.1) is 27.6 Å². The molecule has 21 aromatic rings. The van der Waals surface area contributed by atoms with E-state index in [0.717, 1.165) is 158 Å². The van der Waals surface area contributed by atoms with Crippen molar-refractivity contribution in [3.05, 3.63) is 346 Å². The van der Waals surface area contributed by atoms with Crippen LogP contribution in [0.2, 0.25) is 0 Å². The minimum Gasteiger partial charge on any atom is -0.309 e. The van der Waals surface area contributed by atoms with Crippen LogP contribution in [0.1, 0.15) is 0 Å². The van der Waals surface area contributed by atoms with Crippen molar-refractivity contribution in [2.45, 2.75) is 0 Å². The summed E-state index contributed by atoms with van der Waals surface area (Å²) in [6, 6.07) is 121. The van der Waals surface area contributed by atoms with Crippen molar-refractivity contribution in [1.29, 1.82) is 0 Å². The van der Waals surface area contributed by atoms with Gasteiger partial charge in [0.25, 0.3) is 0 Å². The Morgan fingerprint density at radius 2 is 0.604 bits per heavy atom. The fraction of sp³-hybridized carbons (Fsp3) is 0. The highest BCUT2D eigenvalue weighted by Gasteiger charge is 2.24. The summed E-state index contributed by atoms with van der Waals surface area (Å²) in [5.41, 5.74) is 22.1. The monoisotopic (exact) mass is 1390 g/mol. The zero-order valence-corrected chi connectivity index (χ0v) is 58.4. The van der Waals surface area contributed by atoms with Gasteiger partial charge < -0.3 is 9.13 Å². The van der Waals surface area contributed by atoms with E-state index in [4.69, 9.17) is 34.9 Å². The van der Waals surface area contributed by atoms with Crippen LogP contribution < -0.4 is 0 Å². The first-order valence-electron chi connectivity index (χ1n) is 35.4. The number of pyridine rings is 1.